The van der Waals surface area contributed by atoms with E-state index in [1.807, 2.05) is 30.3 Å². The van der Waals surface area contributed by atoms with Crippen molar-refractivity contribution in [3.05, 3.63) is 42.1 Å². The van der Waals surface area contributed by atoms with Gasteiger partial charge in [0.25, 0.3) is 12.1 Å². The molecule has 15 heavy (non-hydrogen) atoms. The minimum atomic E-state index is -0.257. The van der Waals surface area contributed by atoms with Crippen LogP contribution in [0.4, 0.5) is 5.88 Å². The maximum atomic E-state index is 9.30. The molecular formula is C10H12N3O2+. The quantitative estimate of drug-likeness (QED) is 0.700. The molecule has 0 aliphatic heterocycles. The summed E-state index contributed by atoms with van der Waals surface area (Å²) in [6.07, 6.45) is 1.55. The van der Waals surface area contributed by atoms with E-state index in [1.165, 1.54) is 4.68 Å². The Kier molecular flexibility index (Phi) is 2.64. The van der Waals surface area contributed by atoms with Crippen LogP contribution in [-0.4, -0.2) is 17.0 Å². The monoisotopic (exact) mass is 206 g/mol. The average molecular weight is 206 g/mol. The van der Waals surface area contributed by atoms with Crippen molar-refractivity contribution < 1.29 is 14.3 Å². The molecule has 0 aliphatic rings. The van der Waals surface area contributed by atoms with Crippen LogP contribution in [0.1, 0.15) is 11.6 Å². The van der Waals surface area contributed by atoms with Gasteiger partial charge in [0.1, 0.15) is 6.61 Å². The highest BCUT2D eigenvalue weighted by Gasteiger charge is 2.24. The smallest absolute Gasteiger partial charge is 0.293 e. The van der Waals surface area contributed by atoms with Crippen molar-refractivity contribution in [3.8, 4) is 0 Å². The summed E-state index contributed by atoms with van der Waals surface area (Å²) >= 11 is 0. The minimum absolute atomic E-state index is 0.0549. The zero-order valence-corrected chi connectivity index (χ0v) is 8.08. The summed E-state index contributed by atoms with van der Waals surface area (Å²) in [5.74, 6) is 0.226. The average Bonchev–Trinajstić information content (AvgIpc) is 2.68. The molecular weight excluding hydrogens is 194 g/mol. The van der Waals surface area contributed by atoms with Crippen molar-refractivity contribution in [2.45, 2.75) is 6.04 Å². The van der Waals surface area contributed by atoms with Crippen molar-refractivity contribution in [3.63, 3.8) is 0 Å². The summed E-state index contributed by atoms with van der Waals surface area (Å²) in [4.78, 5) is 0. The van der Waals surface area contributed by atoms with Crippen LogP contribution < -0.4 is 10.4 Å². The lowest BCUT2D eigenvalue weighted by atomic mass is 10.1. The SMILES string of the molecule is Nc1c[n+]([C@H](CO)c2ccccc2)no1. The molecule has 0 saturated heterocycles. The third-order valence-electron chi connectivity index (χ3n) is 2.18. The lowest BCUT2D eigenvalue weighted by molar-refractivity contribution is -0.778. The van der Waals surface area contributed by atoms with Crippen molar-refractivity contribution in [1.82, 2.24) is 5.27 Å². The van der Waals surface area contributed by atoms with Crippen molar-refractivity contribution in [2.24, 2.45) is 0 Å². The molecule has 2 rings (SSSR count). The Morgan fingerprint density at radius 1 is 1.40 bits per heavy atom. The Hall–Kier alpha value is -1.88. The van der Waals surface area contributed by atoms with Gasteiger partial charge in [0.05, 0.1) is 0 Å². The number of hydrogen-bond donors (Lipinski definition) is 2. The van der Waals surface area contributed by atoms with Crippen LogP contribution in [0, 0.1) is 0 Å². The van der Waals surface area contributed by atoms with Crippen molar-refractivity contribution >= 4 is 5.88 Å². The van der Waals surface area contributed by atoms with Crippen LogP contribution in [0.5, 0.6) is 0 Å². The Balaban J connectivity index is 2.33. The molecule has 1 atom stereocenters. The second kappa shape index (κ2) is 4.10. The molecule has 0 saturated carbocycles. The van der Waals surface area contributed by atoms with Crippen LogP contribution >= 0.6 is 0 Å². The highest BCUT2D eigenvalue weighted by molar-refractivity contribution is 5.17. The summed E-state index contributed by atoms with van der Waals surface area (Å²) in [6.45, 7) is -0.0549. The van der Waals surface area contributed by atoms with Gasteiger partial charge in [-0.3, -0.25) is 4.52 Å². The maximum Gasteiger partial charge on any atom is 0.293 e. The molecule has 5 nitrogen and oxygen atoms in total. The fourth-order valence-electron chi connectivity index (χ4n) is 1.44. The fourth-order valence-corrected chi connectivity index (χ4v) is 1.44. The molecule has 0 amide bonds. The third-order valence-corrected chi connectivity index (χ3v) is 2.18. The van der Waals surface area contributed by atoms with Gasteiger partial charge < -0.3 is 10.8 Å². The molecule has 0 unspecified atom stereocenters. The summed E-state index contributed by atoms with van der Waals surface area (Å²) in [7, 11) is 0. The molecule has 1 heterocycles. The normalized spacial score (nSPS) is 12.6. The number of nitrogen functional groups attached to an aromatic ring is 1. The predicted octanol–water partition coefficient (Wildman–Crippen LogP) is 0.126. The second-order valence-corrected chi connectivity index (χ2v) is 3.19. The second-order valence-electron chi connectivity index (χ2n) is 3.19. The number of nitrogens with two attached hydrogens (primary N) is 1. The van der Waals surface area contributed by atoms with Gasteiger partial charge in [0, 0.05) is 5.56 Å². The highest BCUT2D eigenvalue weighted by Crippen LogP contribution is 2.11. The number of hydrogen-bond acceptors (Lipinski definition) is 4. The zero-order chi connectivity index (χ0) is 10.7. The first kappa shape index (κ1) is 9.67. The van der Waals surface area contributed by atoms with E-state index in [9.17, 15) is 5.11 Å². The highest BCUT2D eigenvalue weighted by atomic mass is 16.5. The first-order chi connectivity index (χ1) is 7.31. The molecule has 0 radical (unpaired) electrons. The molecule has 2 aromatic rings. The molecule has 0 aliphatic carbocycles. The van der Waals surface area contributed by atoms with E-state index in [4.69, 9.17) is 10.3 Å². The van der Waals surface area contributed by atoms with E-state index in [0.717, 1.165) is 5.56 Å². The fraction of sp³-hybridized carbons (Fsp3) is 0.200. The van der Waals surface area contributed by atoms with Crippen LogP contribution in [0.25, 0.3) is 0 Å². The predicted molar refractivity (Wildman–Crippen MR) is 52.8 cm³/mol. The number of rotatable bonds is 3. The number of aromatic nitrogens is 2. The van der Waals surface area contributed by atoms with Gasteiger partial charge in [0.2, 0.25) is 11.3 Å². The Morgan fingerprint density at radius 2 is 2.13 bits per heavy atom. The Morgan fingerprint density at radius 3 is 2.67 bits per heavy atom. The third kappa shape index (κ3) is 1.97. The van der Waals surface area contributed by atoms with E-state index in [1.54, 1.807) is 6.20 Å². The molecule has 0 fully saturated rings. The van der Waals surface area contributed by atoms with E-state index in [2.05, 4.69) is 5.27 Å². The molecule has 1 aromatic heterocycles. The first-order valence-electron chi connectivity index (χ1n) is 4.60. The Labute approximate surface area is 86.7 Å². The van der Waals surface area contributed by atoms with Gasteiger partial charge >= 0.3 is 0 Å². The van der Waals surface area contributed by atoms with Gasteiger partial charge in [0.15, 0.2) is 0 Å². The molecule has 3 N–H and O–H groups in total. The molecule has 1 aromatic carbocycles. The van der Waals surface area contributed by atoms with Gasteiger partial charge in [-0.2, -0.15) is 0 Å². The zero-order valence-electron chi connectivity index (χ0n) is 8.08. The first-order valence-corrected chi connectivity index (χ1v) is 4.60. The van der Waals surface area contributed by atoms with Crippen LogP contribution in [0.3, 0.4) is 0 Å². The summed E-state index contributed by atoms with van der Waals surface area (Å²) in [5.41, 5.74) is 6.37. The van der Waals surface area contributed by atoms with Gasteiger partial charge in [-0.15, -0.1) is 0 Å². The maximum absolute atomic E-state index is 9.30. The van der Waals surface area contributed by atoms with Gasteiger partial charge in [-0.05, 0) is 4.68 Å². The largest absolute Gasteiger partial charge is 0.389 e. The van der Waals surface area contributed by atoms with Crippen LogP contribution in [0.2, 0.25) is 0 Å². The van der Waals surface area contributed by atoms with E-state index >= 15 is 0 Å². The topological polar surface area (TPSA) is 76.2 Å². The van der Waals surface area contributed by atoms with Crippen LogP contribution in [0.15, 0.2) is 41.1 Å². The van der Waals surface area contributed by atoms with Crippen LogP contribution in [-0.2, 0) is 0 Å². The molecule has 0 bridgehead atoms. The minimum Gasteiger partial charge on any atom is -0.389 e. The Bertz CT molecular complexity index is 427. The van der Waals surface area contributed by atoms with Gasteiger partial charge in [-0.25, -0.2) is 0 Å². The summed E-state index contributed by atoms with van der Waals surface area (Å²) < 4.78 is 6.25. The number of anilines is 1. The van der Waals surface area contributed by atoms with E-state index in [0.29, 0.717) is 0 Å². The van der Waals surface area contributed by atoms with E-state index < -0.39 is 0 Å². The summed E-state index contributed by atoms with van der Waals surface area (Å²) in [5, 5.41) is 13.0. The standard InChI is InChI=1S/C10H12N3O2/c11-10-6-13(12-15-10)9(7-14)8-4-2-1-3-5-8/h1-6,9,14H,7,11H2/q+1/t9-/m1/s1. The molecule has 0 spiro atoms. The van der Waals surface area contributed by atoms with E-state index in [-0.39, 0.29) is 18.5 Å². The lowest BCUT2D eigenvalue weighted by Crippen LogP contribution is -2.43. The lowest BCUT2D eigenvalue weighted by Gasteiger charge is -2.03. The van der Waals surface area contributed by atoms with Gasteiger partial charge in [-0.1, -0.05) is 30.3 Å². The van der Waals surface area contributed by atoms with Crippen molar-refractivity contribution in [1.29, 1.82) is 0 Å². The van der Waals surface area contributed by atoms with Crippen molar-refractivity contribution in [2.75, 3.05) is 12.3 Å². The number of nitrogens with zero attached hydrogens (tertiary/aromatic N) is 2. The molecule has 78 valence electrons. The number of benzene rings is 1. The number of aliphatic hydroxyl groups excluding tert-OH is 1. The number of aliphatic hydroxyl groups is 1. The molecule has 5 heteroatoms. The summed E-state index contributed by atoms with van der Waals surface area (Å²) in [6, 6.07) is 9.30.